The first-order chi connectivity index (χ1) is 30.9. The van der Waals surface area contributed by atoms with E-state index in [1.54, 1.807) is 0 Å². The van der Waals surface area contributed by atoms with Gasteiger partial charge >= 0.3 is 21.3 Å². The average molecular weight is 965 g/mol. The quantitative estimate of drug-likeness (QED) is 0.0501. The summed E-state index contributed by atoms with van der Waals surface area (Å²) in [5.41, 5.74) is 10.9. The molecular weight excluding hydrogens is 896 g/mol. The van der Waals surface area contributed by atoms with Crippen molar-refractivity contribution < 1.29 is 71.0 Å². The lowest BCUT2D eigenvalue weighted by molar-refractivity contribution is -0.929. The summed E-state index contributed by atoms with van der Waals surface area (Å²) in [4.78, 5) is 57.8. The van der Waals surface area contributed by atoms with Crippen LogP contribution in [0.3, 0.4) is 0 Å². The molecule has 3 aromatic rings. The van der Waals surface area contributed by atoms with Crippen molar-refractivity contribution in [2.24, 2.45) is 0 Å². The summed E-state index contributed by atoms with van der Waals surface area (Å²) >= 11 is 0. The van der Waals surface area contributed by atoms with Crippen molar-refractivity contribution in [3.63, 3.8) is 0 Å². The largest absolute Gasteiger partial charge is 0.472 e. The van der Waals surface area contributed by atoms with E-state index in [4.69, 9.17) is 39.5 Å². The fraction of sp³-hybridized carbons (Fsp3) is 0.769. The van der Waals surface area contributed by atoms with E-state index < -0.39 is 89.9 Å². The summed E-state index contributed by atoms with van der Waals surface area (Å²) in [6.07, 6.45) is 2.89. The van der Waals surface area contributed by atoms with Gasteiger partial charge in [0.15, 0.2) is 30.2 Å². The molecule has 0 radical (unpaired) electrons. The maximum atomic E-state index is 13.4. The summed E-state index contributed by atoms with van der Waals surface area (Å²) in [7, 11) is -10.3. The van der Waals surface area contributed by atoms with Gasteiger partial charge in [0.2, 0.25) is 0 Å². The number of aromatic nitrogens is 6. The van der Waals surface area contributed by atoms with Crippen LogP contribution in [0.5, 0.6) is 0 Å². The minimum absolute atomic E-state index is 0.0620. The third-order valence-corrected chi connectivity index (χ3v) is 13.1. The van der Waals surface area contributed by atoms with Crippen LogP contribution in [-0.4, -0.2) is 147 Å². The lowest BCUT2D eigenvalue weighted by atomic mass is 10.1. The van der Waals surface area contributed by atoms with Gasteiger partial charge in [-0.1, -0.05) is 53.4 Å². The van der Waals surface area contributed by atoms with Crippen molar-refractivity contribution >= 4 is 38.4 Å². The second-order valence-corrected chi connectivity index (χ2v) is 19.2. The predicted molar refractivity (Wildman–Crippen MR) is 234 cm³/mol. The zero-order valence-corrected chi connectivity index (χ0v) is 39.3. The first kappa shape index (κ1) is 52.9. The number of hydrogen-bond donors (Lipinski definition) is 7. The van der Waals surface area contributed by atoms with Gasteiger partial charge in [-0.05, 0) is 38.2 Å². The fourth-order valence-corrected chi connectivity index (χ4v) is 9.41. The predicted octanol–water partition coefficient (Wildman–Crippen LogP) is 2.90. The normalized spacial score (nSPS) is 26.9. The van der Waals surface area contributed by atoms with Crippen molar-refractivity contribution in [2.75, 3.05) is 57.5 Å². The maximum absolute atomic E-state index is 13.4. The molecule has 0 spiro atoms. The Hall–Kier alpha value is -3.03. The van der Waals surface area contributed by atoms with Crippen molar-refractivity contribution in [2.45, 2.75) is 147 Å². The van der Waals surface area contributed by atoms with E-state index in [0.717, 1.165) is 4.57 Å². The fourth-order valence-electron chi connectivity index (χ4n) is 8.11. The van der Waals surface area contributed by atoms with Crippen LogP contribution < -0.4 is 17.2 Å². The molecule has 0 aromatic carbocycles. The van der Waals surface area contributed by atoms with Gasteiger partial charge < -0.3 is 59.8 Å². The number of anilines is 2. The molecule has 3 aromatic heterocycles. The average Bonchev–Trinajstić information content (AvgIpc) is 4.07. The monoisotopic (exact) mass is 964 g/mol. The lowest BCUT2D eigenvalue weighted by Crippen LogP contribution is -2.50. The Morgan fingerprint density at radius 3 is 2.00 bits per heavy atom. The highest BCUT2D eigenvalue weighted by Crippen LogP contribution is 2.51. The summed E-state index contributed by atoms with van der Waals surface area (Å²) in [5, 5.41) is 21.4. The minimum atomic E-state index is -5.19. The van der Waals surface area contributed by atoms with Crippen LogP contribution in [0, 0.1) is 0 Å². The molecule has 0 aliphatic carbocycles. The number of quaternary nitrogens is 1. The number of unbranched alkanes of at least 4 members (excludes halogenated alkanes) is 4. The second kappa shape index (κ2) is 24.3. The highest BCUT2D eigenvalue weighted by molar-refractivity contribution is 7.47. The Kier molecular flexibility index (Phi) is 19.8. The zero-order valence-electron chi connectivity index (χ0n) is 37.5. The summed E-state index contributed by atoms with van der Waals surface area (Å²) in [5.74, 6) is -0.0532. The number of phosphoric acid groups is 2. The third kappa shape index (κ3) is 14.5. The molecule has 3 saturated heterocycles. The lowest BCUT2D eigenvalue weighted by Gasteiger charge is -2.39. The molecule has 6 heterocycles. The van der Waals surface area contributed by atoms with Crippen LogP contribution in [0.15, 0.2) is 29.7 Å². The topological polar surface area (TPSA) is 330 Å². The Labute approximate surface area is 378 Å². The van der Waals surface area contributed by atoms with E-state index in [0.29, 0.717) is 19.4 Å². The molecule has 26 heteroatoms. The van der Waals surface area contributed by atoms with Crippen molar-refractivity contribution in [3.05, 3.63) is 35.4 Å². The molecule has 6 rings (SSSR count). The molecule has 0 amide bonds. The number of aliphatic hydroxyl groups excluding tert-OH is 2. The number of aliphatic hydroxyl groups is 2. The number of hydrogen-bond acceptors (Lipinski definition) is 18. The number of ether oxygens (including phenoxy) is 4. The van der Waals surface area contributed by atoms with Crippen LogP contribution in [0.4, 0.5) is 11.6 Å². The molecule has 9 N–H and O–H groups in total. The van der Waals surface area contributed by atoms with Gasteiger partial charge in [0, 0.05) is 19.2 Å². The molecule has 368 valence electrons. The standard InChI is InChI=1S/C23H32N8O15P2.C16H36N/c24-12-3-4-30(23(34)29-12)22-18(45-13-2-1-5-40-13)17(11(44-22)7-41-47(35,36)37)46-48(38,39)42-6-10-15(32)16(33)21(43-10)31-9-28-14-19(25)26-8-27-20(14)31;1-5-9-13-17(14-10-6-2,15-11-7-3)16-12-8-4/h3-4,8-11,13,15-18,21-22,32-33H,1-2,5-7H2,(H,38,39)(H2,24,29,34)(H2,25,26,27)(H2,35,36,37);5-16H2,1-4H3/q;+1/t10-,11-,13?,15-,16-,17-,18-,21-,22-;/m1./s1. The van der Waals surface area contributed by atoms with E-state index in [-0.39, 0.29) is 22.8 Å². The second-order valence-electron chi connectivity index (χ2n) is 16.6. The van der Waals surface area contributed by atoms with E-state index in [1.165, 1.54) is 112 Å². The van der Waals surface area contributed by atoms with Crippen LogP contribution in [-0.2, 0) is 41.6 Å². The van der Waals surface area contributed by atoms with Crippen LogP contribution in [0.2, 0.25) is 0 Å². The van der Waals surface area contributed by atoms with Gasteiger partial charge in [0.1, 0.15) is 54.3 Å². The SMILES string of the molecule is CCCC[N+](CCCC)(CCCC)CCCC.Nc1ccn([C@@H]2O[C@H](COP(=O)(O)O)[C@@H](OP(=O)(O)OC[C@H]3O[C@@H](n4cnc5c(N)ncnc54)[C@H](O)[C@@H]3O)[C@H]2OC2CCCO2)c(=O)n1. The number of imidazole rings is 1. The van der Waals surface area contributed by atoms with Gasteiger partial charge in [-0.2, -0.15) is 4.98 Å². The van der Waals surface area contributed by atoms with Gasteiger partial charge in [0.25, 0.3) is 0 Å². The molecule has 10 atom stereocenters. The van der Waals surface area contributed by atoms with E-state index >= 15 is 0 Å². The van der Waals surface area contributed by atoms with Crippen molar-refractivity contribution in [3.8, 4) is 0 Å². The van der Waals surface area contributed by atoms with Gasteiger partial charge in [-0.3, -0.25) is 22.7 Å². The molecule has 0 bridgehead atoms. The Balaban J connectivity index is 0.000000397. The van der Waals surface area contributed by atoms with Gasteiger partial charge in [-0.15, -0.1) is 0 Å². The van der Waals surface area contributed by atoms with Crippen LogP contribution in [0.25, 0.3) is 11.2 Å². The highest BCUT2D eigenvalue weighted by atomic mass is 31.2. The third-order valence-electron chi connectivity index (χ3n) is 11.6. The first-order valence-electron chi connectivity index (χ1n) is 22.4. The van der Waals surface area contributed by atoms with Crippen LogP contribution in [0.1, 0.15) is 104 Å². The van der Waals surface area contributed by atoms with Gasteiger partial charge in [0.05, 0.1) is 45.7 Å². The number of nitrogens with two attached hydrogens (primary N) is 2. The first-order valence-corrected chi connectivity index (χ1v) is 25.4. The smallest absolute Gasteiger partial charge is 0.387 e. The number of nitrogens with zero attached hydrogens (tertiary/aromatic N) is 7. The van der Waals surface area contributed by atoms with E-state index in [2.05, 4.69) is 52.2 Å². The molecule has 24 nitrogen and oxygen atoms in total. The maximum Gasteiger partial charge on any atom is 0.472 e. The number of nitrogen functional groups attached to an aromatic ring is 2. The number of fused-ring (bicyclic) bond motifs is 1. The zero-order chi connectivity index (χ0) is 47.4. The summed E-state index contributed by atoms with van der Waals surface area (Å²) in [6.45, 7) is 13.7. The summed E-state index contributed by atoms with van der Waals surface area (Å²) in [6, 6.07) is 1.27. The van der Waals surface area contributed by atoms with Crippen molar-refractivity contribution in [1.29, 1.82) is 0 Å². The minimum Gasteiger partial charge on any atom is -0.387 e. The molecule has 3 aliphatic heterocycles. The Morgan fingerprint density at radius 1 is 0.815 bits per heavy atom. The Bertz CT molecular complexity index is 2050. The Morgan fingerprint density at radius 2 is 1.43 bits per heavy atom. The highest BCUT2D eigenvalue weighted by Gasteiger charge is 2.53. The summed E-state index contributed by atoms with van der Waals surface area (Å²) < 4.78 is 66.8. The molecule has 3 aliphatic rings. The molecule has 3 fully saturated rings. The van der Waals surface area contributed by atoms with E-state index in [1.807, 2.05) is 0 Å². The van der Waals surface area contributed by atoms with Gasteiger partial charge in [-0.25, -0.2) is 28.9 Å². The molecular formula is C39H68N9O15P2+. The van der Waals surface area contributed by atoms with E-state index in [9.17, 15) is 38.8 Å². The number of rotatable bonds is 24. The molecule has 2 unspecified atom stereocenters. The van der Waals surface area contributed by atoms with Crippen molar-refractivity contribution in [1.82, 2.24) is 29.1 Å². The molecule has 65 heavy (non-hydrogen) atoms. The molecule has 0 saturated carbocycles. The number of phosphoric ester groups is 2. The van der Waals surface area contributed by atoms with Crippen LogP contribution >= 0.6 is 15.6 Å².